The fourth-order valence-corrected chi connectivity index (χ4v) is 4.34. The van der Waals surface area contributed by atoms with Gasteiger partial charge in [-0.1, -0.05) is 24.3 Å². The van der Waals surface area contributed by atoms with Crippen LogP contribution in [0.15, 0.2) is 60.9 Å². The van der Waals surface area contributed by atoms with Crippen LogP contribution < -0.4 is 5.32 Å². The lowest BCUT2D eigenvalue weighted by Crippen LogP contribution is -2.37. The monoisotopic (exact) mass is 416 g/mol. The lowest BCUT2D eigenvalue weighted by molar-refractivity contribution is -0.116. The largest absolute Gasteiger partial charge is 0.325 e. The summed E-state index contributed by atoms with van der Waals surface area (Å²) in [6.45, 7) is 1.69. The fourth-order valence-electron chi connectivity index (χ4n) is 3.53. The molecule has 148 valence electrons. The van der Waals surface area contributed by atoms with E-state index in [0.29, 0.717) is 16.8 Å². The van der Waals surface area contributed by atoms with Crippen LogP contribution in [0, 0.1) is 6.92 Å². The van der Waals surface area contributed by atoms with Crippen molar-refractivity contribution in [3.8, 4) is 11.3 Å². The number of aromatic nitrogens is 2. The number of anilines is 1. The van der Waals surface area contributed by atoms with Gasteiger partial charge in [0.1, 0.15) is 6.54 Å². The molecule has 5 rings (SSSR count). The van der Waals surface area contributed by atoms with Gasteiger partial charge in [0.25, 0.3) is 11.8 Å². The quantitative estimate of drug-likeness (QED) is 0.515. The second-order valence-corrected chi connectivity index (χ2v) is 8.24. The van der Waals surface area contributed by atoms with Crippen LogP contribution in [0.25, 0.3) is 16.2 Å². The van der Waals surface area contributed by atoms with Gasteiger partial charge in [-0.2, -0.15) is 0 Å². The minimum Gasteiger partial charge on any atom is -0.325 e. The Morgan fingerprint density at radius 1 is 1.03 bits per heavy atom. The van der Waals surface area contributed by atoms with Gasteiger partial charge in [-0.25, -0.2) is 4.98 Å². The molecule has 0 aliphatic carbocycles. The van der Waals surface area contributed by atoms with Crippen molar-refractivity contribution in [1.82, 2.24) is 14.3 Å². The van der Waals surface area contributed by atoms with Crippen molar-refractivity contribution in [2.75, 3.05) is 11.9 Å². The molecule has 3 amide bonds. The third-order valence-electron chi connectivity index (χ3n) is 4.89. The standard InChI is InChI=1S/C22H16N4O3S/c1-13-10-25-11-18(24-22(25)30-13)14-5-4-6-15(9-14)23-19(27)12-26-20(28)16-7-2-3-8-17(16)21(26)29/h2-11H,12H2,1H3,(H,23,27). The van der Waals surface area contributed by atoms with Crippen molar-refractivity contribution in [2.45, 2.75) is 6.92 Å². The van der Waals surface area contributed by atoms with Gasteiger partial charge < -0.3 is 5.32 Å². The van der Waals surface area contributed by atoms with Crippen LogP contribution in [-0.4, -0.2) is 38.6 Å². The second-order valence-electron chi connectivity index (χ2n) is 7.03. The average molecular weight is 416 g/mol. The van der Waals surface area contributed by atoms with Gasteiger partial charge in [0.15, 0.2) is 4.96 Å². The van der Waals surface area contributed by atoms with Crippen molar-refractivity contribution in [3.63, 3.8) is 0 Å². The molecule has 1 N–H and O–H groups in total. The molecule has 0 fully saturated rings. The summed E-state index contributed by atoms with van der Waals surface area (Å²) < 4.78 is 1.98. The number of amides is 3. The number of nitrogens with zero attached hydrogens (tertiary/aromatic N) is 3. The second kappa shape index (κ2) is 6.93. The number of hydrogen-bond acceptors (Lipinski definition) is 5. The number of imide groups is 1. The predicted octanol–water partition coefficient (Wildman–Crippen LogP) is 3.61. The number of aryl methyl sites for hydroxylation is 1. The Hall–Kier alpha value is -3.78. The lowest BCUT2D eigenvalue weighted by atomic mass is 10.1. The minimum atomic E-state index is -0.451. The zero-order chi connectivity index (χ0) is 20.8. The van der Waals surface area contributed by atoms with Crippen LogP contribution in [0.4, 0.5) is 5.69 Å². The molecule has 0 saturated carbocycles. The number of imidazole rings is 1. The highest BCUT2D eigenvalue weighted by Gasteiger charge is 2.36. The van der Waals surface area contributed by atoms with E-state index in [4.69, 9.17) is 0 Å². The summed E-state index contributed by atoms with van der Waals surface area (Å²) in [4.78, 5) is 45.1. The van der Waals surface area contributed by atoms with E-state index < -0.39 is 17.7 Å². The normalized spacial score (nSPS) is 13.2. The molecule has 0 spiro atoms. The molecular formula is C22H16N4O3S. The van der Waals surface area contributed by atoms with Crippen LogP contribution >= 0.6 is 11.3 Å². The summed E-state index contributed by atoms with van der Waals surface area (Å²) in [7, 11) is 0. The third-order valence-corrected chi connectivity index (χ3v) is 5.81. The van der Waals surface area contributed by atoms with Gasteiger partial charge >= 0.3 is 0 Å². The fraction of sp³-hybridized carbons (Fsp3) is 0.0909. The molecule has 0 radical (unpaired) electrons. The molecule has 0 bridgehead atoms. The van der Waals surface area contributed by atoms with E-state index in [2.05, 4.69) is 10.3 Å². The van der Waals surface area contributed by atoms with Crippen LogP contribution in [0.1, 0.15) is 25.6 Å². The Morgan fingerprint density at radius 2 is 1.77 bits per heavy atom. The predicted molar refractivity (Wildman–Crippen MR) is 114 cm³/mol. The van der Waals surface area contributed by atoms with Crippen LogP contribution in [0.2, 0.25) is 0 Å². The van der Waals surface area contributed by atoms with Gasteiger partial charge in [0.2, 0.25) is 5.91 Å². The van der Waals surface area contributed by atoms with Crippen molar-refractivity contribution < 1.29 is 14.4 Å². The molecule has 4 aromatic rings. The molecule has 7 nitrogen and oxygen atoms in total. The van der Waals surface area contributed by atoms with Gasteiger partial charge in [0, 0.05) is 28.5 Å². The molecule has 2 aromatic heterocycles. The van der Waals surface area contributed by atoms with Gasteiger partial charge in [-0.15, -0.1) is 11.3 Å². The lowest BCUT2D eigenvalue weighted by Gasteiger charge is -2.14. The number of nitrogens with one attached hydrogen (secondary N) is 1. The number of fused-ring (bicyclic) bond motifs is 2. The van der Waals surface area contributed by atoms with E-state index in [1.54, 1.807) is 41.7 Å². The number of carbonyl (C=O) groups is 3. The Balaban J connectivity index is 1.32. The Labute approximate surface area is 175 Å². The van der Waals surface area contributed by atoms with E-state index in [1.807, 2.05) is 41.9 Å². The van der Waals surface area contributed by atoms with Gasteiger partial charge in [0.05, 0.1) is 16.8 Å². The summed E-state index contributed by atoms with van der Waals surface area (Å²) in [6.07, 6.45) is 3.96. The molecule has 1 aliphatic heterocycles. The highest BCUT2D eigenvalue weighted by Crippen LogP contribution is 2.26. The van der Waals surface area contributed by atoms with E-state index in [0.717, 1.165) is 21.1 Å². The molecule has 1 aliphatic rings. The summed E-state index contributed by atoms with van der Waals surface area (Å²) in [5, 5.41) is 2.77. The number of benzene rings is 2. The number of rotatable bonds is 4. The highest BCUT2D eigenvalue weighted by atomic mass is 32.1. The summed E-state index contributed by atoms with van der Waals surface area (Å²) in [6, 6.07) is 13.9. The van der Waals surface area contributed by atoms with E-state index in [-0.39, 0.29) is 6.54 Å². The van der Waals surface area contributed by atoms with Crippen LogP contribution in [-0.2, 0) is 4.79 Å². The van der Waals surface area contributed by atoms with Crippen LogP contribution in [0.3, 0.4) is 0 Å². The summed E-state index contributed by atoms with van der Waals surface area (Å²) in [5.41, 5.74) is 2.89. The first-order chi connectivity index (χ1) is 14.5. The minimum absolute atomic E-state index is 0.326. The Morgan fingerprint density at radius 3 is 2.47 bits per heavy atom. The first kappa shape index (κ1) is 18.3. The van der Waals surface area contributed by atoms with Crippen LogP contribution in [0.5, 0.6) is 0 Å². The zero-order valence-corrected chi connectivity index (χ0v) is 16.8. The van der Waals surface area contributed by atoms with E-state index >= 15 is 0 Å². The maximum Gasteiger partial charge on any atom is 0.262 e. The molecule has 0 unspecified atom stereocenters. The molecule has 3 heterocycles. The molecule has 2 aromatic carbocycles. The molecule has 0 atom stereocenters. The SMILES string of the molecule is Cc1cn2cc(-c3cccc(NC(=O)CN4C(=O)c5ccccc5C4=O)c3)nc2s1. The average Bonchev–Trinajstić information content (AvgIpc) is 3.35. The van der Waals surface area contributed by atoms with Crippen molar-refractivity contribution in [1.29, 1.82) is 0 Å². The Kier molecular flexibility index (Phi) is 4.22. The van der Waals surface area contributed by atoms with Crippen molar-refractivity contribution in [3.05, 3.63) is 76.9 Å². The number of thiazole rings is 1. The van der Waals surface area contributed by atoms with E-state index in [9.17, 15) is 14.4 Å². The first-order valence-corrected chi connectivity index (χ1v) is 10.1. The third kappa shape index (κ3) is 3.07. The molecular weight excluding hydrogens is 400 g/mol. The summed E-state index contributed by atoms with van der Waals surface area (Å²) >= 11 is 1.61. The molecule has 0 saturated heterocycles. The highest BCUT2D eigenvalue weighted by molar-refractivity contribution is 7.17. The Bertz CT molecular complexity index is 1270. The van der Waals surface area contributed by atoms with Crippen molar-refractivity contribution >= 4 is 39.7 Å². The zero-order valence-electron chi connectivity index (χ0n) is 16.0. The molecule has 30 heavy (non-hydrogen) atoms. The number of carbonyl (C=O) groups excluding carboxylic acids is 3. The first-order valence-electron chi connectivity index (χ1n) is 9.30. The van der Waals surface area contributed by atoms with Gasteiger partial charge in [-0.05, 0) is 31.2 Å². The smallest absolute Gasteiger partial charge is 0.262 e. The van der Waals surface area contributed by atoms with Gasteiger partial charge in [-0.3, -0.25) is 23.7 Å². The number of hydrogen-bond donors (Lipinski definition) is 1. The summed E-state index contributed by atoms with van der Waals surface area (Å²) in [5.74, 6) is -1.34. The topological polar surface area (TPSA) is 83.8 Å². The van der Waals surface area contributed by atoms with E-state index in [1.165, 1.54) is 4.88 Å². The maximum absolute atomic E-state index is 12.5. The van der Waals surface area contributed by atoms with Crippen molar-refractivity contribution in [2.24, 2.45) is 0 Å². The molecule has 8 heteroatoms. The maximum atomic E-state index is 12.5.